The van der Waals surface area contributed by atoms with Gasteiger partial charge in [-0.1, -0.05) is 19.0 Å². The van der Waals surface area contributed by atoms with Gasteiger partial charge in [-0.3, -0.25) is 0 Å². The van der Waals surface area contributed by atoms with Gasteiger partial charge in [0.2, 0.25) is 11.7 Å². The number of aromatic nitrogens is 2. The summed E-state index contributed by atoms with van der Waals surface area (Å²) in [5.74, 6) is 1.17. The Morgan fingerprint density at radius 2 is 2.06 bits per heavy atom. The molecule has 0 aliphatic heterocycles. The Hall–Kier alpha value is -0.940. The van der Waals surface area contributed by atoms with Crippen molar-refractivity contribution in [3.05, 3.63) is 11.7 Å². The van der Waals surface area contributed by atoms with Crippen LogP contribution in [0.1, 0.15) is 44.8 Å². The van der Waals surface area contributed by atoms with E-state index >= 15 is 0 Å². The molecule has 0 saturated carbocycles. The first-order valence-corrected chi connectivity index (χ1v) is 5.71. The molecule has 0 aliphatic rings. The van der Waals surface area contributed by atoms with Crippen LogP contribution in [0.25, 0.3) is 0 Å². The molecule has 0 aromatic carbocycles. The standard InChI is InChI=1S/C11H20N2O3/c1-4-11(5-2,15-3)10-12-9(16-13-10)7-6-8-14/h14H,4-8H2,1-3H3. The zero-order valence-electron chi connectivity index (χ0n) is 10.2. The van der Waals surface area contributed by atoms with E-state index in [4.69, 9.17) is 14.4 Å². The normalized spacial score (nSPS) is 12.0. The third-order valence-corrected chi connectivity index (χ3v) is 2.96. The molecular weight excluding hydrogens is 208 g/mol. The maximum atomic E-state index is 8.72. The fourth-order valence-corrected chi connectivity index (χ4v) is 1.72. The molecule has 0 amide bonds. The fraction of sp³-hybridized carbons (Fsp3) is 0.818. The number of methoxy groups -OCH3 is 1. The van der Waals surface area contributed by atoms with E-state index in [0.717, 1.165) is 12.8 Å². The van der Waals surface area contributed by atoms with Gasteiger partial charge in [0, 0.05) is 20.1 Å². The van der Waals surface area contributed by atoms with Crippen molar-refractivity contribution in [3.63, 3.8) is 0 Å². The van der Waals surface area contributed by atoms with E-state index in [1.807, 2.05) is 13.8 Å². The second kappa shape index (κ2) is 5.96. The molecule has 0 spiro atoms. The third kappa shape index (κ3) is 2.59. The molecule has 1 N–H and O–H groups in total. The number of rotatable bonds is 7. The van der Waals surface area contributed by atoms with Crippen molar-refractivity contribution in [1.29, 1.82) is 0 Å². The average Bonchev–Trinajstić information content (AvgIpc) is 2.79. The lowest BCUT2D eigenvalue weighted by molar-refractivity contribution is -0.0306. The first-order valence-electron chi connectivity index (χ1n) is 5.71. The maximum absolute atomic E-state index is 8.72. The Morgan fingerprint density at radius 1 is 1.38 bits per heavy atom. The number of hydrogen-bond donors (Lipinski definition) is 1. The summed E-state index contributed by atoms with van der Waals surface area (Å²) in [6, 6.07) is 0. The van der Waals surface area contributed by atoms with Crippen LogP contribution in [-0.2, 0) is 16.8 Å². The monoisotopic (exact) mass is 228 g/mol. The number of ether oxygens (including phenoxy) is 1. The van der Waals surface area contributed by atoms with Gasteiger partial charge >= 0.3 is 0 Å². The van der Waals surface area contributed by atoms with Gasteiger partial charge in [0.1, 0.15) is 5.60 Å². The Labute approximate surface area is 95.8 Å². The molecule has 0 bridgehead atoms. The van der Waals surface area contributed by atoms with Crippen molar-refractivity contribution in [1.82, 2.24) is 10.1 Å². The Morgan fingerprint density at radius 3 is 2.56 bits per heavy atom. The summed E-state index contributed by atoms with van der Waals surface area (Å²) in [6.45, 7) is 4.21. The highest BCUT2D eigenvalue weighted by Crippen LogP contribution is 2.30. The van der Waals surface area contributed by atoms with E-state index in [-0.39, 0.29) is 6.61 Å². The van der Waals surface area contributed by atoms with Crippen molar-refractivity contribution in [2.45, 2.75) is 45.1 Å². The van der Waals surface area contributed by atoms with Crippen molar-refractivity contribution in [3.8, 4) is 0 Å². The molecule has 5 nitrogen and oxygen atoms in total. The average molecular weight is 228 g/mol. The van der Waals surface area contributed by atoms with Crippen LogP contribution < -0.4 is 0 Å². The Balaban J connectivity index is 2.81. The summed E-state index contributed by atoms with van der Waals surface area (Å²) in [6.07, 6.45) is 2.86. The molecule has 1 aromatic heterocycles. The first-order chi connectivity index (χ1) is 7.72. The van der Waals surface area contributed by atoms with Crippen LogP contribution in [-0.4, -0.2) is 29.0 Å². The molecule has 0 unspecified atom stereocenters. The minimum Gasteiger partial charge on any atom is -0.396 e. The minimum atomic E-state index is -0.443. The van der Waals surface area contributed by atoms with Gasteiger partial charge in [-0.05, 0) is 19.3 Å². The fourth-order valence-electron chi connectivity index (χ4n) is 1.72. The topological polar surface area (TPSA) is 68.4 Å². The lowest BCUT2D eigenvalue weighted by Gasteiger charge is -2.25. The van der Waals surface area contributed by atoms with Crippen LogP contribution in [0.2, 0.25) is 0 Å². The van der Waals surface area contributed by atoms with E-state index < -0.39 is 5.60 Å². The lowest BCUT2D eigenvalue weighted by Crippen LogP contribution is -2.28. The zero-order chi connectivity index (χ0) is 12.0. The SMILES string of the molecule is CCC(CC)(OC)c1noc(CCCO)n1. The molecule has 1 aromatic rings. The quantitative estimate of drug-likeness (QED) is 0.768. The molecule has 16 heavy (non-hydrogen) atoms. The predicted octanol–water partition coefficient (Wildman–Crippen LogP) is 1.66. The highest BCUT2D eigenvalue weighted by Gasteiger charge is 2.33. The number of hydrogen-bond acceptors (Lipinski definition) is 5. The van der Waals surface area contributed by atoms with E-state index in [0.29, 0.717) is 24.6 Å². The molecule has 0 atom stereocenters. The number of nitrogens with zero attached hydrogens (tertiary/aromatic N) is 2. The van der Waals surface area contributed by atoms with Gasteiger partial charge in [-0.25, -0.2) is 0 Å². The van der Waals surface area contributed by atoms with Crippen LogP contribution in [0.4, 0.5) is 0 Å². The molecule has 0 saturated heterocycles. The van der Waals surface area contributed by atoms with Crippen LogP contribution in [0.5, 0.6) is 0 Å². The van der Waals surface area contributed by atoms with Crippen molar-refractivity contribution < 1.29 is 14.4 Å². The number of aliphatic hydroxyl groups is 1. The summed E-state index contributed by atoms with van der Waals surface area (Å²) >= 11 is 0. The zero-order valence-corrected chi connectivity index (χ0v) is 10.2. The first kappa shape index (κ1) is 13.1. The molecule has 1 rings (SSSR count). The molecule has 5 heteroatoms. The molecule has 1 heterocycles. The van der Waals surface area contributed by atoms with E-state index in [9.17, 15) is 0 Å². The van der Waals surface area contributed by atoms with E-state index in [2.05, 4.69) is 10.1 Å². The van der Waals surface area contributed by atoms with Gasteiger partial charge in [0.25, 0.3) is 0 Å². The number of aryl methyl sites for hydroxylation is 1. The predicted molar refractivity (Wildman–Crippen MR) is 59.0 cm³/mol. The largest absolute Gasteiger partial charge is 0.396 e. The minimum absolute atomic E-state index is 0.134. The highest BCUT2D eigenvalue weighted by atomic mass is 16.5. The molecule has 0 aliphatic carbocycles. The van der Waals surface area contributed by atoms with Crippen molar-refractivity contribution >= 4 is 0 Å². The van der Waals surface area contributed by atoms with E-state index in [1.54, 1.807) is 7.11 Å². The summed E-state index contributed by atoms with van der Waals surface area (Å²) in [7, 11) is 1.66. The van der Waals surface area contributed by atoms with Gasteiger partial charge in [-0.15, -0.1) is 0 Å². The van der Waals surface area contributed by atoms with Crippen molar-refractivity contribution in [2.75, 3.05) is 13.7 Å². The van der Waals surface area contributed by atoms with Crippen LogP contribution in [0.3, 0.4) is 0 Å². The van der Waals surface area contributed by atoms with Gasteiger partial charge in [0.05, 0.1) is 0 Å². The Kier molecular flexibility index (Phi) is 4.89. The summed E-state index contributed by atoms with van der Waals surface area (Å²) in [4.78, 5) is 4.32. The van der Waals surface area contributed by atoms with Crippen LogP contribution >= 0.6 is 0 Å². The van der Waals surface area contributed by atoms with Gasteiger partial charge in [-0.2, -0.15) is 4.98 Å². The number of aliphatic hydroxyl groups excluding tert-OH is 1. The van der Waals surface area contributed by atoms with E-state index in [1.165, 1.54) is 0 Å². The summed E-state index contributed by atoms with van der Waals surface area (Å²) in [5, 5.41) is 12.7. The molecule has 92 valence electrons. The highest BCUT2D eigenvalue weighted by molar-refractivity contribution is 5.00. The van der Waals surface area contributed by atoms with Gasteiger partial charge in [0.15, 0.2) is 0 Å². The second-order valence-corrected chi connectivity index (χ2v) is 3.74. The lowest BCUT2D eigenvalue weighted by atomic mass is 9.96. The second-order valence-electron chi connectivity index (χ2n) is 3.74. The van der Waals surface area contributed by atoms with Crippen LogP contribution in [0, 0.1) is 0 Å². The molecular formula is C11H20N2O3. The maximum Gasteiger partial charge on any atom is 0.226 e. The smallest absolute Gasteiger partial charge is 0.226 e. The van der Waals surface area contributed by atoms with Crippen LogP contribution in [0.15, 0.2) is 4.52 Å². The van der Waals surface area contributed by atoms with Crippen molar-refractivity contribution in [2.24, 2.45) is 0 Å². The summed E-state index contributed by atoms with van der Waals surface area (Å²) < 4.78 is 10.6. The molecule has 0 fully saturated rings. The van der Waals surface area contributed by atoms with Gasteiger partial charge < -0.3 is 14.4 Å². The molecule has 0 radical (unpaired) electrons. The Bertz CT molecular complexity index is 300. The summed E-state index contributed by atoms with van der Waals surface area (Å²) in [5.41, 5.74) is -0.443. The third-order valence-electron chi connectivity index (χ3n) is 2.96.